The number of likely N-dealkylation sites (N-methyl/N-ethyl adjacent to an activating group) is 2. The number of anilines is 4. The molecule has 0 aliphatic carbocycles. The van der Waals surface area contributed by atoms with E-state index in [0.717, 1.165) is 10.6 Å². The molecule has 0 bridgehead atoms. The van der Waals surface area contributed by atoms with Gasteiger partial charge in [0.1, 0.15) is 12.3 Å². The van der Waals surface area contributed by atoms with Gasteiger partial charge in [-0.1, -0.05) is 60.7 Å². The van der Waals surface area contributed by atoms with Crippen LogP contribution in [-0.2, 0) is 25.6 Å². The first-order valence-corrected chi connectivity index (χ1v) is 14.6. The lowest BCUT2D eigenvalue weighted by Crippen LogP contribution is -2.45. The molecule has 0 aromatic heterocycles. The highest BCUT2D eigenvalue weighted by atomic mass is 16.5. The van der Waals surface area contributed by atoms with E-state index in [2.05, 4.69) is 10.6 Å². The second-order valence-corrected chi connectivity index (χ2v) is 10.4. The quantitative estimate of drug-likeness (QED) is 0.197. The van der Waals surface area contributed by atoms with E-state index < -0.39 is 30.4 Å². The summed E-state index contributed by atoms with van der Waals surface area (Å²) in [7, 11) is 2.98. The molecule has 0 heterocycles. The summed E-state index contributed by atoms with van der Waals surface area (Å²) in [6.45, 7) is -0.979. The number of aliphatic carboxylic acids is 1. The zero-order valence-corrected chi connectivity index (χ0v) is 26.0. The van der Waals surface area contributed by atoms with Gasteiger partial charge in [-0.15, -0.1) is 0 Å². The number of ether oxygens (including phenoxy) is 1. The molecule has 0 atom stereocenters. The maximum atomic E-state index is 13.4. The van der Waals surface area contributed by atoms with Gasteiger partial charge in [0.15, 0.2) is 6.61 Å². The fraction of sp³-hybridized carbons (Fsp3) is 0.171. The smallest absolute Gasteiger partial charge is 0.319 e. The van der Waals surface area contributed by atoms with Crippen LogP contribution in [0.2, 0.25) is 0 Å². The van der Waals surface area contributed by atoms with Crippen LogP contribution in [0, 0.1) is 0 Å². The number of para-hydroxylation sites is 4. The summed E-state index contributed by atoms with van der Waals surface area (Å²) in [5.41, 5.74) is 2.72. The van der Waals surface area contributed by atoms with Crippen LogP contribution in [-0.4, -0.2) is 73.5 Å². The largest absolute Gasteiger partial charge is 0.482 e. The Labute approximate surface area is 272 Å². The van der Waals surface area contributed by atoms with Crippen LogP contribution in [0.5, 0.6) is 5.75 Å². The van der Waals surface area contributed by atoms with Gasteiger partial charge >= 0.3 is 12.0 Å². The van der Waals surface area contributed by atoms with Crippen molar-refractivity contribution in [2.75, 3.05) is 48.9 Å². The Kier molecular flexibility index (Phi) is 11.6. The van der Waals surface area contributed by atoms with Gasteiger partial charge in [-0.3, -0.25) is 24.1 Å². The van der Waals surface area contributed by atoms with E-state index in [1.807, 2.05) is 48.5 Å². The number of nitrogens with zero attached hydrogens (tertiary/aromatic N) is 3. The van der Waals surface area contributed by atoms with Crippen LogP contribution >= 0.6 is 0 Å². The van der Waals surface area contributed by atoms with Gasteiger partial charge in [-0.2, -0.15) is 0 Å². The molecule has 47 heavy (non-hydrogen) atoms. The summed E-state index contributed by atoms with van der Waals surface area (Å²) in [6, 6.07) is 30.8. The highest BCUT2D eigenvalue weighted by molar-refractivity contribution is 6.00. The van der Waals surface area contributed by atoms with Crippen LogP contribution in [0.25, 0.3) is 0 Å². The van der Waals surface area contributed by atoms with Crippen LogP contribution < -0.4 is 25.2 Å². The maximum Gasteiger partial charge on any atom is 0.319 e. The molecule has 5 amide bonds. The number of imide groups is 1. The summed E-state index contributed by atoms with van der Waals surface area (Å²) in [4.78, 5) is 66.7. The van der Waals surface area contributed by atoms with Gasteiger partial charge in [-0.25, -0.2) is 4.79 Å². The van der Waals surface area contributed by atoms with E-state index in [-0.39, 0.29) is 25.5 Å². The average Bonchev–Trinajstić information content (AvgIpc) is 3.08. The highest BCUT2D eigenvalue weighted by Crippen LogP contribution is 2.34. The Morgan fingerprint density at radius 1 is 0.723 bits per heavy atom. The SMILES string of the molecule is CN(C(=O)CNC(=O)Nc1cccc(CC(=O)O)c1)C(=O)CN(c1ccccc1)c1ccccc1OCC(=O)N(C)c1ccccc1. The second kappa shape index (κ2) is 16.2. The number of carboxylic acid groups (broad SMARTS) is 1. The van der Waals surface area contributed by atoms with Crippen LogP contribution in [0.15, 0.2) is 109 Å². The third-order valence-corrected chi connectivity index (χ3v) is 7.07. The maximum absolute atomic E-state index is 13.4. The number of hydrogen-bond donors (Lipinski definition) is 3. The van der Waals surface area contributed by atoms with Crippen molar-refractivity contribution >= 4 is 52.5 Å². The number of benzene rings is 4. The van der Waals surface area contributed by atoms with E-state index in [1.54, 1.807) is 66.5 Å². The third kappa shape index (κ3) is 9.66. The molecule has 0 aliphatic rings. The first kappa shape index (κ1) is 33.7. The number of rotatable bonds is 13. The summed E-state index contributed by atoms with van der Waals surface area (Å²) in [5, 5.41) is 14.0. The molecule has 0 aliphatic heterocycles. The molecule has 0 saturated carbocycles. The minimum absolute atomic E-state index is 0.205. The number of hydrogen-bond acceptors (Lipinski definition) is 7. The summed E-state index contributed by atoms with van der Waals surface area (Å²) < 4.78 is 5.97. The number of carbonyl (C=O) groups is 5. The lowest BCUT2D eigenvalue weighted by Gasteiger charge is -2.28. The van der Waals surface area contributed by atoms with Crippen LogP contribution in [0.3, 0.4) is 0 Å². The van der Waals surface area contributed by atoms with Crippen molar-refractivity contribution in [3.05, 3.63) is 115 Å². The monoisotopic (exact) mass is 637 g/mol. The van der Waals surface area contributed by atoms with Crippen molar-refractivity contribution in [1.29, 1.82) is 0 Å². The molecule has 0 unspecified atom stereocenters. The summed E-state index contributed by atoms with van der Waals surface area (Å²) in [5.74, 6) is -2.13. The molecule has 242 valence electrons. The lowest BCUT2D eigenvalue weighted by atomic mass is 10.1. The van der Waals surface area contributed by atoms with E-state index in [0.29, 0.717) is 28.4 Å². The predicted molar refractivity (Wildman–Crippen MR) is 178 cm³/mol. The molecule has 12 nitrogen and oxygen atoms in total. The molecule has 12 heteroatoms. The molecule has 4 rings (SSSR count). The Bertz CT molecular complexity index is 1720. The number of urea groups is 1. The van der Waals surface area contributed by atoms with Gasteiger partial charge in [-0.05, 0) is 54.1 Å². The van der Waals surface area contributed by atoms with Crippen molar-refractivity contribution in [3.63, 3.8) is 0 Å². The predicted octanol–water partition coefficient (Wildman–Crippen LogP) is 4.30. The molecule has 0 saturated heterocycles. The molecule has 0 fully saturated rings. The number of nitrogens with one attached hydrogen (secondary N) is 2. The second-order valence-electron chi connectivity index (χ2n) is 10.4. The minimum Gasteiger partial charge on any atom is -0.482 e. The van der Waals surface area contributed by atoms with E-state index >= 15 is 0 Å². The molecular formula is C35H35N5O7. The fourth-order valence-electron chi connectivity index (χ4n) is 4.52. The Morgan fingerprint density at radius 3 is 2.04 bits per heavy atom. The van der Waals surface area contributed by atoms with E-state index in [4.69, 9.17) is 9.84 Å². The summed E-state index contributed by atoms with van der Waals surface area (Å²) in [6.07, 6.45) is -0.205. The molecule has 3 N–H and O–H groups in total. The number of carboxylic acids is 1. The average molecular weight is 638 g/mol. The molecule has 0 radical (unpaired) electrons. The fourth-order valence-corrected chi connectivity index (χ4v) is 4.52. The zero-order chi connectivity index (χ0) is 33.8. The third-order valence-electron chi connectivity index (χ3n) is 7.07. The van der Waals surface area contributed by atoms with Gasteiger partial charge in [0.05, 0.1) is 18.7 Å². The van der Waals surface area contributed by atoms with Gasteiger partial charge < -0.3 is 30.3 Å². The summed E-state index contributed by atoms with van der Waals surface area (Å²) >= 11 is 0. The normalized spacial score (nSPS) is 10.3. The molecule has 0 spiro atoms. The van der Waals surface area contributed by atoms with Gasteiger partial charge in [0.25, 0.3) is 5.91 Å². The topological polar surface area (TPSA) is 149 Å². The molecule has 4 aromatic rings. The van der Waals surface area contributed by atoms with Crippen molar-refractivity contribution in [2.45, 2.75) is 6.42 Å². The number of amides is 5. The number of carbonyl (C=O) groups excluding carboxylic acids is 4. The first-order valence-electron chi connectivity index (χ1n) is 14.6. The van der Waals surface area contributed by atoms with E-state index in [1.165, 1.54) is 18.0 Å². The van der Waals surface area contributed by atoms with Crippen molar-refractivity contribution < 1.29 is 33.8 Å². The van der Waals surface area contributed by atoms with E-state index in [9.17, 15) is 24.0 Å². The van der Waals surface area contributed by atoms with Crippen LogP contribution in [0.4, 0.5) is 27.5 Å². The van der Waals surface area contributed by atoms with Crippen molar-refractivity contribution in [1.82, 2.24) is 10.2 Å². The highest BCUT2D eigenvalue weighted by Gasteiger charge is 2.24. The van der Waals surface area contributed by atoms with Crippen molar-refractivity contribution in [3.8, 4) is 5.75 Å². The molecular weight excluding hydrogens is 602 g/mol. The first-order chi connectivity index (χ1) is 22.6. The Hall–Kier alpha value is -6.17. The van der Waals surface area contributed by atoms with Crippen LogP contribution in [0.1, 0.15) is 5.56 Å². The zero-order valence-electron chi connectivity index (χ0n) is 26.0. The standard InChI is InChI=1S/C35H35N5O7/c1-38(27-14-5-3-6-15-27)33(43)24-47-30-19-10-9-18-29(30)40(28-16-7-4-8-17-28)23-32(42)39(2)31(41)22-36-35(46)37-26-13-11-12-25(20-26)21-34(44)45/h3-20H,21-24H2,1-2H3,(H,44,45)(H2,36,37,46). The van der Waals surface area contributed by atoms with Crippen molar-refractivity contribution in [2.24, 2.45) is 0 Å². The Balaban J connectivity index is 1.41. The van der Waals surface area contributed by atoms with Gasteiger partial charge in [0, 0.05) is 31.2 Å². The lowest BCUT2D eigenvalue weighted by molar-refractivity contribution is -0.141. The minimum atomic E-state index is -1.01. The van der Waals surface area contributed by atoms with Gasteiger partial charge in [0.2, 0.25) is 11.8 Å². The molecule has 4 aromatic carbocycles. The Morgan fingerprint density at radius 2 is 1.36 bits per heavy atom.